The van der Waals surface area contributed by atoms with Gasteiger partial charge in [-0.1, -0.05) is 36.4 Å². The van der Waals surface area contributed by atoms with Crippen molar-refractivity contribution in [3.05, 3.63) is 72.3 Å². The van der Waals surface area contributed by atoms with Crippen molar-refractivity contribution in [2.75, 3.05) is 40.7 Å². The number of amides is 4. The molecule has 0 aliphatic carbocycles. The molecule has 6 atom stereocenters. The maximum Gasteiger partial charge on any atom is 0.407 e. The highest BCUT2D eigenvalue weighted by atomic mass is 32.2. The van der Waals surface area contributed by atoms with Crippen molar-refractivity contribution >= 4 is 35.8 Å². The number of thioether (sulfide) groups is 1. The molecule has 6 unspecified atom stereocenters. The molecule has 2 aliphatic heterocycles. The minimum Gasteiger partial charge on any atom is -0.453 e. The van der Waals surface area contributed by atoms with E-state index in [4.69, 9.17) is 9.47 Å². The molecule has 0 radical (unpaired) electrons. The predicted octanol–water partition coefficient (Wildman–Crippen LogP) is 5.45. The van der Waals surface area contributed by atoms with Crippen molar-refractivity contribution in [2.24, 2.45) is 0 Å². The molecule has 2 fully saturated rings. The summed E-state index contributed by atoms with van der Waals surface area (Å²) >= 11 is 1.65. The van der Waals surface area contributed by atoms with Crippen molar-refractivity contribution in [1.29, 1.82) is 0 Å². The Kier molecular flexibility index (Phi) is 12.6. The molecule has 298 valence electrons. The number of benzene rings is 2. The van der Waals surface area contributed by atoms with Gasteiger partial charge < -0.3 is 44.6 Å². The summed E-state index contributed by atoms with van der Waals surface area (Å²) in [4.78, 5) is 69.9. The fourth-order valence-electron chi connectivity index (χ4n) is 7.26. The number of aromatic amines is 2. The Morgan fingerprint density at radius 1 is 0.839 bits per heavy atom. The van der Waals surface area contributed by atoms with Crippen molar-refractivity contribution in [1.82, 2.24) is 40.4 Å². The zero-order valence-corrected chi connectivity index (χ0v) is 32.9. The summed E-state index contributed by atoms with van der Waals surface area (Å²) in [5, 5.41) is 5.29. The van der Waals surface area contributed by atoms with Crippen molar-refractivity contribution in [2.45, 2.75) is 68.6 Å². The van der Waals surface area contributed by atoms with Crippen LogP contribution in [0, 0.1) is 5.82 Å². The lowest BCUT2D eigenvalue weighted by Crippen LogP contribution is -2.54. The first-order chi connectivity index (χ1) is 27.0. The number of hydrogen-bond acceptors (Lipinski definition) is 10. The summed E-state index contributed by atoms with van der Waals surface area (Å²) in [5.74, 6) is 0.275. The van der Waals surface area contributed by atoms with Gasteiger partial charge in [0.15, 0.2) is 0 Å². The number of carbonyl (C=O) groups excluding carboxylic acids is 4. The van der Waals surface area contributed by atoms with E-state index in [9.17, 15) is 19.2 Å². The maximum absolute atomic E-state index is 15.7. The van der Waals surface area contributed by atoms with E-state index < -0.39 is 42.2 Å². The van der Waals surface area contributed by atoms with Crippen LogP contribution in [-0.4, -0.2) is 118 Å². The van der Waals surface area contributed by atoms with Crippen LogP contribution >= 0.6 is 11.8 Å². The van der Waals surface area contributed by atoms with Gasteiger partial charge in [0.25, 0.3) is 0 Å². The Morgan fingerprint density at radius 3 is 2.07 bits per heavy atom. The number of methoxy groups -OCH3 is 3. The number of aromatic nitrogens is 4. The number of hydrogen-bond donors (Lipinski definition) is 4. The molecule has 15 nitrogen and oxygen atoms in total. The van der Waals surface area contributed by atoms with E-state index in [2.05, 4.69) is 35.3 Å². The Morgan fingerprint density at radius 2 is 1.45 bits per heavy atom. The quantitative estimate of drug-likeness (QED) is 0.144. The number of nitrogens with one attached hydrogen (secondary N) is 4. The molecule has 2 aromatic heterocycles. The third-order valence-corrected chi connectivity index (χ3v) is 11.5. The smallest absolute Gasteiger partial charge is 0.407 e. The number of likely N-dealkylation sites (tertiary alicyclic amines) is 2. The van der Waals surface area contributed by atoms with Crippen molar-refractivity contribution in [3.8, 4) is 33.6 Å². The van der Waals surface area contributed by atoms with Crippen LogP contribution in [0.3, 0.4) is 0 Å². The molecule has 56 heavy (non-hydrogen) atoms. The number of ether oxygens (including phenoxy) is 3. The predicted molar refractivity (Wildman–Crippen MR) is 208 cm³/mol. The topological polar surface area (TPSA) is 184 Å². The molecular weight excluding hydrogens is 744 g/mol. The third-order valence-electron chi connectivity index (χ3n) is 10.5. The molecule has 4 N–H and O–H groups in total. The zero-order chi connectivity index (χ0) is 40.1. The molecule has 4 heterocycles. The van der Waals surface area contributed by atoms with E-state index in [-0.39, 0.29) is 23.1 Å². The van der Waals surface area contributed by atoms with Crippen LogP contribution in [-0.2, 0) is 23.8 Å². The number of nitrogens with zero attached hydrogens (tertiary/aromatic N) is 4. The molecule has 4 aromatic rings. The average molecular weight is 791 g/mol. The van der Waals surface area contributed by atoms with Crippen LogP contribution in [0.15, 0.2) is 54.9 Å². The Balaban J connectivity index is 1.15. The van der Waals surface area contributed by atoms with E-state index in [1.165, 1.54) is 27.4 Å². The fourth-order valence-corrected chi connectivity index (χ4v) is 7.95. The molecule has 17 heteroatoms. The number of H-pyrrole nitrogens is 2. The Bertz CT molecular complexity index is 2040. The van der Waals surface area contributed by atoms with E-state index >= 15 is 4.39 Å². The number of alkyl carbamates (subject to hydrolysis) is 2. The van der Waals surface area contributed by atoms with Gasteiger partial charge in [0.2, 0.25) is 11.8 Å². The van der Waals surface area contributed by atoms with Crippen molar-refractivity contribution < 1.29 is 37.8 Å². The summed E-state index contributed by atoms with van der Waals surface area (Å²) in [7, 11) is 3.96. The highest BCUT2D eigenvalue weighted by Gasteiger charge is 2.42. The Labute approximate surface area is 328 Å². The molecule has 0 bridgehead atoms. The lowest BCUT2D eigenvalue weighted by atomic mass is 10.0. The standard InChI is InChI=1S/C39H47FN8O7S/c1-21(43-38(51)54-4)36(49)47-15-7-8-31(47)34-41-18-29(44-34)24-11-9-23(10-12-24)27-14-13-25(16-28(27)40)30-19-42-35(45-30)32-17-26(56-6)20-48(32)37(50)33(22(2)53-3)46-39(52)55-5/h9-14,16,18-19,21-22,26,31-33H,7-8,15,17,20H2,1-6H3,(H,41,44)(H,42,45)(H,43,51)(H,46,52). The maximum atomic E-state index is 15.7. The van der Waals surface area contributed by atoms with Crippen LogP contribution in [0.4, 0.5) is 14.0 Å². The van der Waals surface area contributed by atoms with Gasteiger partial charge in [-0.05, 0) is 56.6 Å². The first-order valence-electron chi connectivity index (χ1n) is 18.3. The van der Waals surface area contributed by atoms with Crippen molar-refractivity contribution in [3.63, 3.8) is 0 Å². The lowest BCUT2D eigenvalue weighted by Gasteiger charge is -2.30. The second-order valence-electron chi connectivity index (χ2n) is 13.8. The molecule has 6 rings (SSSR count). The summed E-state index contributed by atoms with van der Waals surface area (Å²) in [6.45, 7) is 4.34. The van der Waals surface area contributed by atoms with E-state index in [0.29, 0.717) is 53.5 Å². The second kappa shape index (κ2) is 17.6. The normalized spacial score (nSPS) is 19.7. The van der Waals surface area contributed by atoms with Crippen LogP contribution in [0.5, 0.6) is 0 Å². The molecule has 2 aliphatic rings. The van der Waals surface area contributed by atoms with Gasteiger partial charge in [-0.3, -0.25) is 9.59 Å². The van der Waals surface area contributed by atoms with Gasteiger partial charge in [-0.2, -0.15) is 11.8 Å². The monoisotopic (exact) mass is 790 g/mol. The largest absolute Gasteiger partial charge is 0.453 e. The highest BCUT2D eigenvalue weighted by Crippen LogP contribution is 2.38. The molecule has 0 spiro atoms. The van der Waals surface area contributed by atoms with Crippen LogP contribution in [0.2, 0.25) is 0 Å². The fraction of sp³-hybridized carbons (Fsp3) is 0.436. The van der Waals surface area contributed by atoms with Crippen LogP contribution in [0.1, 0.15) is 56.8 Å². The Hall–Kier alpha value is -5.42. The van der Waals surface area contributed by atoms with Gasteiger partial charge in [-0.25, -0.2) is 23.9 Å². The molecule has 2 saturated heterocycles. The molecule has 2 aromatic carbocycles. The average Bonchev–Trinajstić information content (AvgIpc) is 4.05. The number of halogens is 1. The number of imidazole rings is 2. The SMILES string of the molecule is COC(=O)NC(C)C(=O)N1CCCC1c1ncc(-c2ccc(-c3ccc(-c4cnc(C5CC(SC)CN5C(=O)C(NC(=O)OC)C(C)OC)[nH]4)cc3F)cc2)[nH]1. The minimum absolute atomic E-state index is 0.146. The zero-order valence-electron chi connectivity index (χ0n) is 32.1. The first kappa shape index (κ1) is 40.2. The first-order valence-corrected chi connectivity index (χ1v) is 19.6. The second-order valence-corrected chi connectivity index (χ2v) is 15.0. The van der Waals surface area contributed by atoms with E-state index in [1.807, 2.05) is 36.6 Å². The van der Waals surface area contributed by atoms with E-state index in [0.717, 1.165) is 24.1 Å². The number of carbonyl (C=O) groups is 4. The lowest BCUT2D eigenvalue weighted by molar-refractivity contribution is -0.137. The summed E-state index contributed by atoms with van der Waals surface area (Å²) in [6, 6.07) is 10.1. The number of rotatable bonds is 12. The van der Waals surface area contributed by atoms with Gasteiger partial charge in [0, 0.05) is 36.6 Å². The minimum atomic E-state index is -0.967. The summed E-state index contributed by atoms with van der Waals surface area (Å²) in [6.07, 6.45) is 5.52. The highest BCUT2D eigenvalue weighted by molar-refractivity contribution is 7.99. The van der Waals surface area contributed by atoms with Gasteiger partial charge in [0.05, 0.1) is 56.2 Å². The van der Waals surface area contributed by atoms with E-state index in [1.54, 1.807) is 53.9 Å². The summed E-state index contributed by atoms with van der Waals surface area (Å²) < 4.78 is 30.5. The van der Waals surface area contributed by atoms with Gasteiger partial charge >= 0.3 is 12.2 Å². The van der Waals surface area contributed by atoms with Crippen LogP contribution in [0.25, 0.3) is 33.6 Å². The molecule has 0 saturated carbocycles. The summed E-state index contributed by atoms with van der Waals surface area (Å²) in [5.41, 5.74) is 3.91. The molecule has 4 amide bonds. The van der Waals surface area contributed by atoms with Crippen LogP contribution < -0.4 is 10.6 Å². The third kappa shape index (κ3) is 8.53. The van der Waals surface area contributed by atoms with Gasteiger partial charge in [-0.15, -0.1) is 0 Å². The van der Waals surface area contributed by atoms with Gasteiger partial charge in [0.1, 0.15) is 29.5 Å². The molecular formula is C39H47FN8O7S.